The predicted octanol–water partition coefficient (Wildman–Crippen LogP) is 13.8. The van der Waals surface area contributed by atoms with Gasteiger partial charge in [-0.2, -0.15) is 0 Å². The smallest absolute Gasteiger partial charge is 0.0620 e. The first-order chi connectivity index (χ1) is 43.7. The lowest BCUT2D eigenvalue weighted by molar-refractivity contribution is 1.60. The van der Waals surface area contributed by atoms with Gasteiger partial charge in [0.1, 0.15) is 114 Å². The van der Waals surface area contributed by atoms with E-state index < -0.39 is 29.0 Å². The number of fused-ring (bicyclic) bond motifs is 4. The Balaban J connectivity index is 1.25. The lowest BCUT2D eigenvalue weighted by atomic mass is 9.80. The highest BCUT2D eigenvalue weighted by molar-refractivity contribution is 8.04. The van der Waals surface area contributed by atoms with Crippen LogP contribution in [-0.4, -0.2) is 0 Å². The zero-order chi connectivity index (χ0) is 58.8. The van der Waals surface area contributed by atoms with Crippen molar-refractivity contribution in [3.05, 3.63) is 388 Å². The molecule has 0 radical (unpaired) electrons. The van der Waals surface area contributed by atoms with E-state index >= 15 is 0 Å². The van der Waals surface area contributed by atoms with Crippen LogP contribution in [0, 0.1) is 0 Å². The summed E-state index contributed by atoms with van der Waals surface area (Å²) in [5, 5.41) is 21.3. The maximum absolute atomic E-state index is 2.85. The highest BCUT2D eigenvalue weighted by Crippen LogP contribution is 2.69. The molecule has 0 fully saturated rings. The summed E-state index contributed by atoms with van der Waals surface area (Å²) in [5.74, 6) is 0. The molecule has 14 aromatic rings. The SMILES string of the molecule is c1ccc([P+](c2ccccc2)(c2ccccc2)c2ccc([P+](c3ccccc3)(c3ccccc3)c3ccccc3)c3c2-c2c([P+](c4ccccc4)(c4ccccc4)c4ccccc4)ccc([P+](c4ccccc4)(c4ccccc4)c4ccccc4)c2-3)cc1. The summed E-state index contributed by atoms with van der Waals surface area (Å²) in [5.41, 5.74) is 5.39. The zero-order valence-corrected chi connectivity index (χ0v) is 52.3. The van der Waals surface area contributed by atoms with Crippen molar-refractivity contribution in [2.24, 2.45) is 0 Å². The van der Waals surface area contributed by atoms with Crippen molar-refractivity contribution in [2.45, 2.75) is 0 Å². The van der Waals surface area contributed by atoms with E-state index in [4.69, 9.17) is 0 Å². The Morgan fingerprint density at radius 2 is 0.193 bits per heavy atom. The summed E-state index contributed by atoms with van der Waals surface area (Å²) in [7, 11) is -11.4. The van der Waals surface area contributed by atoms with Crippen molar-refractivity contribution < 1.29 is 0 Å². The van der Waals surface area contributed by atoms with Crippen molar-refractivity contribution in [2.75, 3.05) is 0 Å². The maximum Gasteiger partial charge on any atom is 0.144 e. The Kier molecular flexibility index (Phi) is 15.0. The normalized spacial score (nSPS) is 12.1. The molecule has 0 spiro atoms. The second-order valence-electron chi connectivity index (χ2n) is 22.4. The van der Waals surface area contributed by atoms with Crippen molar-refractivity contribution in [1.82, 2.24) is 0 Å². The van der Waals surface area contributed by atoms with Crippen molar-refractivity contribution >= 4 is 114 Å². The molecule has 4 heteroatoms. The topological polar surface area (TPSA) is 0 Å². The van der Waals surface area contributed by atoms with E-state index in [1.54, 1.807) is 0 Å². The van der Waals surface area contributed by atoms with Gasteiger partial charge < -0.3 is 0 Å². The minimum Gasteiger partial charge on any atom is -0.0620 e. The van der Waals surface area contributed by atoms with Gasteiger partial charge in [-0.1, -0.05) is 218 Å². The Morgan fingerprint density at radius 1 is 0.102 bits per heavy atom. The van der Waals surface area contributed by atoms with Crippen LogP contribution in [0.1, 0.15) is 0 Å². The molecule has 0 aliphatic heterocycles. The number of benzene rings is 14. The molecule has 0 unspecified atom stereocenters. The molecule has 1 aliphatic rings. The van der Waals surface area contributed by atoms with Crippen LogP contribution in [0.15, 0.2) is 388 Å². The largest absolute Gasteiger partial charge is 0.144 e. The third-order valence-electron chi connectivity index (χ3n) is 18.0. The molecule has 15 rings (SSSR count). The highest BCUT2D eigenvalue weighted by atomic mass is 31.2. The van der Waals surface area contributed by atoms with Gasteiger partial charge in [-0.05, 0) is 170 Å². The second-order valence-corrected chi connectivity index (χ2v) is 35.9. The third-order valence-corrected chi connectivity index (χ3v) is 35.2. The van der Waals surface area contributed by atoms with E-state index in [0.717, 1.165) is 0 Å². The van der Waals surface area contributed by atoms with E-state index in [0.29, 0.717) is 0 Å². The molecule has 14 aromatic carbocycles. The highest BCUT2D eigenvalue weighted by Gasteiger charge is 2.63. The van der Waals surface area contributed by atoms with Crippen LogP contribution in [-0.2, 0) is 0 Å². The molecule has 0 aromatic heterocycles. The van der Waals surface area contributed by atoms with Gasteiger partial charge in [-0.3, -0.25) is 0 Å². The minimum absolute atomic E-state index is 1.32. The monoisotopic (exact) mass is 1200 g/mol. The molecule has 0 atom stereocenters. The molecule has 0 nitrogen and oxygen atoms in total. The molecular formula is C84H64P4+4. The van der Waals surface area contributed by atoms with Gasteiger partial charge in [0.05, 0.1) is 0 Å². The fraction of sp³-hybridized carbons (Fsp3) is 0. The van der Waals surface area contributed by atoms with Gasteiger partial charge >= 0.3 is 0 Å². The molecule has 0 saturated carbocycles. The van der Waals surface area contributed by atoms with Crippen LogP contribution in [0.2, 0.25) is 0 Å². The molecule has 0 bridgehead atoms. The van der Waals surface area contributed by atoms with E-state index in [1.165, 1.54) is 107 Å². The molecule has 88 heavy (non-hydrogen) atoms. The Hall–Kier alpha value is -9.20. The molecular weight excluding hydrogens is 1130 g/mol. The number of rotatable bonds is 16. The molecule has 0 heterocycles. The van der Waals surface area contributed by atoms with E-state index in [-0.39, 0.29) is 0 Å². The lowest BCUT2D eigenvalue weighted by Gasteiger charge is -2.41. The van der Waals surface area contributed by atoms with Crippen molar-refractivity contribution in [1.29, 1.82) is 0 Å². The molecule has 0 N–H and O–H groups in total. The molecule has 0 saturated heterocycles. The quantitative estimate of drug-likeness (QED) is 0.0846. The average molecular weight is 1200 g/mol. The molecule has 416 valence electrons. The summed E-state index contributed by atoms with van der Waals surface area (Å²) in [4.78, 5) is 0. The van der Waals surface area contributed by atoms with Gasteiger partial charge in [-0.25, -0.2) is 0 Å². The summed E-state index contributed by atoms with van der Waals surface area (Å²) in [6.07, 6.45) is 0. The number of hydrogen-bond donors (Lipinski definition) is 0. The Labute approximate surface area is 521 Å². The zero-order valence-electron chi connectivity index (χ0n) is 48.7. The van der Waals surface area contributed by atoms with Gasteiger partial charge in [-0.15, -0.1) is 0 Å². The van der Waals surface area contributed by atoms with Gasteiger partial charge in [0.2, 0.25) is 0 Å². The summed E-state index contributed by atoms with van der Waals surface area (Å²) in [6, 6.07) is 149. The van der Waals surface area contributed by atoms with E-state index in [2.05, 4.69) is 388 Å². The van der Waals surface area contributed by atoms with Crippen LogP contribution in [0.3, 0.4) is 0 Å². The van der Waals surface area contributed by atoms with Gasteiger partial charge in [0.25, 0.3) is 0 Å². The van der Waals surface area contributed by atoms with E-state index in [1.807, 2.05) is 0 Å². The van der Waals surface area contributed by atoms with Crippen LogP contribution >= 0.6 is 29.0 Å². The summed E-state index contributed by atoms with van der Waals surface area (Å²) < 4.78 is 0. The van der Waals surface area contributed by atoms with Gasteiger partial charge in [0, 0.05) is 22.3 Å². The van der Waals surface area contributed by atoms with Crippen molar-refractivity contribution in [3.8, 4) is 22.3 Å². The lowest BCUT2D eigenvalue weighted by Crippen LogP contribution is -2.48. The number of hydrogen-bond acceptors (Lipinski definition) is 0. The van der Waals surface area contributed by atoms with Crippen molar-refractivity contribution in [3.63, 3.8) is 0 Å². The standard InChI is InChI=1S/C84H64P4/c1-13-37-65(38-14-1)85(66-39-15-2-16-40-66,67-41-17-3-18-42-67)77-61-62-78(86(68-43-19-4-20-44-68,69-45-21-5-22-46-69)70-47-23-6-24-48-70)82-81(77)83-79(87(71-49-25-7-26-50-71,72-51-27-8-28-52-72)73-53-29-9-30-54-73)63-64-80(84(82)83)88(74-55-31-10-32-56-74,75-57-33-11-34-58-75)76-59-35-12-36-60-76/h1-64H/q+4. The maximum atomic E-state index is 2.64. The Morgan fingerprint density at radius 3 is 0.284 bits per heavy atom. The fourth-order valence-electron chi connectivity index (χ4n) is 14.5. The van der Waals surface area contributed by atoms with Crippen LogP contribution in [0.5, 0.6) is 0 Å². The first-order valence-corrected chi connectivity index (χ1v) is 37.5. The first-order valence-electron chi connectivity index (χ1n) is 30.3. The Bertz CT molecular complexity index is 3650. The van der Waals surface area contributed by atoms with Gasteiger partial charge in [0.15, 0.2) is 0 Å². The predicted molar refractivity (Wildman–Crippen MR) is 390 cm³/mol. The molecule has 0 amide bonds. The van der Waals surface area contributed by atoms with E-state index in [9.17, 15) is 0 Å². The van der Waals surface area contributed by atoms with Crippen LogP contribution in [0.4, 0.5) is 0 Å². The summed E-state index contributed by atoms with van der Waals surface area (Å²) in [6.45, 7) is 0. The third kappa shape index (κ3) is 8.73. The minimum atomic E-state index is -2.85. The first kappa shape index (κ1) is 55.4. The van der Waals surface area contributed by atoms with Crippen LogP contribution in [0.25, 0.3) is 22.3 Å². The molecule has 1 aliphatic carbocycles. The summed E-state index contributed by atoms with van der Waals surface area (Å²) >= 11 is 0. The van der Waals surface area contributed by atoms with Crippen LogP contribution < -0.4 is 84.9 Å². The second kappa shape index (κ2) is 23.8. The average Bonchev–Trinajstić information content (AvgIpc) is 0.671. The fourth-order valence-corrected chi connectivity index (χ4v) is 32.3.